The summed E-state index contributed by atoms with van der Waals surface area (Å²) in [5.74, 6) is 4.60. The van der Waals surface area contributed by atoms with Gasteiger partial charge in [0.25, 0.3) is 17.7 Å². The highest BCUT2D eigenvalue weighted by Crippen LogP contribution is 2.23. The second-order valence-electron chi connectivity index (χ2n) is 9.53. The number of nitrogen functional groups attached to an aromatic ring is 2. The van der Waals surface area contributed by atoms with Crippen LogP contribution in [0.2, 0.25) is 0 Å². The van der Waals surface area contributed by atoms with E-state index < -0.39 is 17.9 Å². The molecule has 1 aliphatic heterocycles. The van der Waals surface area contributed by atoms with Crippen LogP contribution in [-0.4, -0.2) is 58.3 Å². The molecule has 11 nitrogen and oxygen atoms in total. The fraction of sp³-hybridized carbons (Fsp3) is 0.161. The van der Waals surface area contributed by atoms with Crippen molar-refractivity contribution in [2.75, 3.05) is 25.1 Å². The molecule has 3 aromatic carbocycles. The van der Waals surface area contributed by atoms with Crippen LogP contribution in [0.1, 0.15) is 55.0 Å². The summed E-state index contributed by atoms with van der Waals surface area (Å²) in [4.78, 5) is 59.7. The number of methoxy groups -OCH3 is 1. The SMILES string of the molecule is COC(=O)C(CCCN1C(=O)c2ccccc2C1=O)NC(=O)c1ccc(C#Cc2ccc3nc(N)nc(N)c3c2)cc1. The van der Waals surface area contributed by atoms with Gasteiger partial charge in [-0.2, -0.15) is 4.98 Å². The lowest BCUT2D eigenvalue weighted by Gasteiger charge is -2.18. The molecule has 42 heavy (non-hydrogen) atoms. The normalized spacial score (nSPS) is 12.8. The minimum Gasteiger partial charge on any atom is -0.467 e. The fourth-order valence-electron chi connectivity index (χ4n) is 4.63. The Morgan fingerprint density at radius 3 is 2.24 bits per heavy atom. The van der Waals surface area contributed by atoms with Gasteiger partial charge in [0.2, 0.25) is 5.95 Å². The van der Waals surface area contributed by atoms with Crippen LogP contribution in [0.5, 0.6) is 0 Å². The quantitative estimate of drug-likeness (QED) is 0.174. The van der Waals surface area contributed by atoms with Crippen LogP contribution in [0.15, 0.2) is 66.7 Å². The van der Waals surface area contributed by atoms with Crippen molar-refractivity contribution in [2.45, 2.75) is 18.9 Å². The number of carbonyl (C=O) groups excluding carboxylic acids is 4. The summed E-state index contributed by atoms with van der Waals surface area (Å²) in [6.45, 7) is 0.105. The molecule has 0 radical (unpaired) electrons. The molecular weight excluding hydrogens is 536 g/mol. The smallest absolute Gasteiger partial charge is 0.328 e. The highest BCUT2D eigenvalue weighted by molar-refractivity contribution is 6.21. The van der Waals surface area contributed by atoms with Crippen LogP contribution in [0, 0.1) is 11.8 Å². The minimum atomic E-state index is -0.961. The largest absolute Gasteiger partial charge is 0.467 e. The third-order valence-electron chi connectivity index (χ3n) is 6.78. The Morgan fingerprint density at radius 2 is 1.57 bits per heavy atom. The van der Waals surface area contributed by atoms with Crippen molar-refractivity contribution in [3.8, 4) is 11.8 Å². The first-order valence-corrected chi connectivity index (χ1v) is 13.0. The predicted octanol–water partition coefficient (Wildman–Crippen LogP) is 2.54. The summed E-state index contributed by atoms with van der Waals surface area (Å²) >= 11 is 0. The number of esters is 1. The zero-order valence-electron chi connectivity index (χ0n) is 22.6. The number of carbonyl (C=O) groups is 4. The number of aromatic nitrogens is 2. The number of nitrogens with zero attached hydrogens (tertiary/aromatic N) is 3. The van der Waals surface area contributed by atoms with Crippen molar-refractivity contribution < 1.29 is 23.9 Å². The van der Waals surface area contributed by atoms with E-state index in [0.29, 0.717) is 45.1 Å². The monoisotopic (exact) mass is 562 g/mol. The highest BCUT2D eigenvalue weighted by Gasteiger charge is 2.35. The first-order chi connectivity index (χ1) is 20.2. The van der Waals surface area contributed by atoms with Gasteiger partial charge >= 0.3 is 5.97 Å². The Bertz CT molecular complexity index is 1760. The Balaban J connectivity index is 1.20. The van der Waals surface area contributed by atoms with Crippen LogP contribution in [0.25, 0.3) is 10.9 Å². The number of ether oxygens (including phenoxy) is 1. The van der Waals surface area contributed by atoms with E-state index in [1.807, 2.05) is 0 Å². The topological polar surface area (TPSA) is 171 Å². The molecule has 0 saturated carbocycles. The lowest BCUT2D eigenvalue weighted by atomic mass is 10.1. The number of amides is 3. The van der Waals surface area contributed by atoms with Gasteiger partial charge in [0.15, 0.2) is 0 Å². The molecular formula is C31H26N6O5. The average Bonchev–Trinajstić information content (AvgIpc) is 3.24. The summed E-state index contributed by atoms with van der Waals surface area (Å²) in [7, 11) is 1.23. The molecule has 5 rings (SSSR count). The maximum atomic E-state index is 12.9. The Labute approximate surface area is 240 Å². The average molecular weight is 563 g/mol. The number of fused-ring (bicyclic) bond motifs is 2. The van der Waals surface area contributed by atoms with E-state index in [2.05, 4.69) is 27.1 Å². The number of hydrogen-bond donors (Lipinski definition) is 3. The molecule has 0 fully saturated rings. The molecule has 210 valence electrons. The second-order valence-corrected chi connectivity index (χ2v) is 9.53. The molecule has 1 aromatic heterocycles. The molecule has 0 bridgehead atoms. The number of hydrogen-bond acceptors (Lipinski definition) is 9. The van der Waals surface area contributed by atoms with Gasteiger partial charge < -0.3 is 21.5 Å². The second kappa shape index (κ2) is 11.8. The zero-order valence-corrected chi connectivity index (χ0v) is 22.6. The van der Waals surface area contributed by atoms with Gasteiger partial charge in [-0.25, -0.2) is 9.78 Å². The molecule has 1 unspecified atom stereocenters. The summed E-state index contributed by atoms with van der Waals surface area (Å²) in [6.07, 6.45) is 0.462. The van der Waals surface area contributed by atoms with E-state index >= 15 is 0 Å². The molecule has 2 heterocycles. The van der Waals surface area contributed by atoms with Crippen molar-refractivity contribution in [1.82, 2.24) is 20.2 Å². The van der Waals surface area contributed by atoms with E-state index in [1.54, 1.807) is 66.7 Å². The first kappa shape index (κ1) is 27.8. The lowest BCUT2D eigenvalue weighted by molar-refractivity contribution is -0.143. The number of imide groups is 1. The number of nitrogens with two attached hydrogens (primary N) is 2. The van der Waals surface area contributed by atoms with E-state index in [1.165, 1.54) is 7.11 Å². The molecule has 0 saturated heterocycles. The number of benzene rings is 3. The molecule has 11 heteroatoms. The van der Waals surface area contributed by atoms with Crippen LogP contribution in [-0.2, 0) is 9.53 Å². The Morgan fingerprint density at radius 1 is 0.929 bits per heavy atom. The van der Waals surface area contributed by atoms with Gasteiger partial charge in [-0.1, -0.05) is 24.0 Å². The number of anilines is 2. The molecule has 0 spiro atoms. The number of nitrogens with one attached hydrogen (secondary N) is 1. The van der Waals surface area contributed by atoms with Crippen molar-refractivity contribution in [3.05, 3.63) is 94.5 Å². The van der Waals surface area contributed by atoms with Crippen LogP contribution < -0.4 is 16.8 Å². The van der Waals surface area contributed by atoms with Gasteiger partial charge in [0.1, 0.15) is 11.9 Å². The molecule has 1 aliphatic rings. The Hall–Kier alpha value is -5.76. The maximum absolute atomic E-state index is 12.9. The summed E-state index contributed by atoms with van der Waals surface area (Å²) in [5.41, 5.74) is 14.6. The van der Waals surface area contributed by atoms with Crippen molar-refractivity contribution in [2.24, 2.45) is 0 Å². The van der Waals surface area contributed by atoms with E-state index in [9.17, 15) is 19.2 Å². The molecule has 1 atom stereocenters. The van der Waals surface area contributed by atoms with E-state index in [4.69, 9.17) is 16.2 Å². The predicted molar refractivity (Wildman–Crippen MR) is 155 cm³/mol. The summed E-state index contributed by atoms with van der Waals surface area (Å²) in [6, 6.07) is 17.6. The third kappa shape index (κ3) is 5.73. The van der Waals surface area contributed by atoms with Crippen molar-refractivity contribution in [3.63, 3.8) is 0 Å². The van der Waals surface area contributed by atoms with E-state index in [-0.39, 0.29) is 36.5 Å². The first-order valence-electron chi connectivity index (χ1n) is 13.0. The molecule has 5 N–H and O–H groups in total. The minimum absolute atomic E-state index is 0.0993. The maximum Gasteiger partial charge on any atom is 0.328 e. The van der Waals surface area contributed by atoms with E-state index in [0.717, 1.165) is 4.90 Å². The van der Waals surface area contributed by atoms with Crippen molar-refractivity contribution in [1.29, 1.82) is 0 Å². The standard InChI is InChI=1S/C31H26N6O5/c1-42-30(41)25(7-4-16-37-28(39)21-5-2-3-6-22(21)29(37)40)34-27(38)20-13-10-18(11-14-20)8-9-19-12-15-24-23(17-19)26(32)36-31(33)35-24/h2-3,5-6,10-15,17,25H,4,7,16H2,1H3,(H,34,38)(H4,32,33,35,36). The van der Waals surface area contributed by atoms with Gasteiger partial charge in [-0.05, 0) is 67.4 Å². The highest BCUT2D eigenvalue weighted by atomic mass is 16.5. The summed E-state index contributed by atoms with van der Waals surface area (Å²) in [5, 5.41) is 3.33. The third-order valence-corrected chi connectivity index (χ3v) is 6.78. The molecule has 0 aliphatic carbocycles. The fourth-order valence-corrected chi connectivity index (χ4v) is 4.63. The number of rotatable bonds is 7. The zero-order chi connectivity index (χ0) is 29.8. The van der Waals surface area contributed by atoms with Gasteiger partial charge in [-0.15, -0.1) is 0 Å². The lowest BCUT2D eigenvalue weighted by Crippen LogP contribution is -2.42. The van der Waals surface area contributed by atoms with Crippen LogP contribution in [0.4, 0.5) is 11.8 Å². The van der Waals surface area contributed by atoms with Crippen LogP contribution in [0.3, 0.4) is 0 Å². The van der Waals surface area contributed by atoms with Crippen molar-refractivity contribution >= 4 is 46.4 Å². The van der Waals surface area contributed by atoms with Gasteiger partial charge in [-0.3, -0.25) is 19.3 Å². The molecule has 3 amide bonds. The Kier molecular flexibility index (Phi) is 7.79. The van der Waals surface area contributed by atoms with Crippen LogP contribution >= 0.6 is 0 Å². The van der Waals surface area contributed by atoms with Gasteiger partial charge in [0, 0.05) is 28.6 Å². The molecule has 4 aromatic rings. The summed E-state index contributed by atoms with van der Waals surface area (Å²) < 4.78 is 4.86. The van der Waals surface area contributed by atoms with Gasteiger partial charge in [0.05, 0.1) is 23.8 Å².